The molecule has 16 heavy (non-hydrogen) atoms. The molecule has 0 amide bonds. The van der Waals surface area contributed by atoms with E-state index in [0.29, 0.717) is 12.2 Å². The molecule has 0 aliphatic carbocycles. The van der Waals surface area contributed by atoms with E-state index in [0.717, 1.165) is 11.3 Å². The second kappa shape index (κ2) is 6.06. The van der Waals surface area contributed by atoms with Crippen molar-refractivity contribution in [2.75, 3.05) is 18.6 Å². The van der Waals surface area contributed by atoms with Gasteiger partial charge in [-0.15, -0.1) is 0 Å². The molecule has 0 aliphatic heterocycles. The lowest BCUT2D eigenvalue weighted by Crippen LogP contribution is -2.24. The van der Waals surface area contributed by atoms with Crippen molar-refractivity contribution in [2.24, 2.45) is 0 Å². The highest BCUT2D eigenvalue weighted by Crippen LogP contribution is 2.21. The lowest BCUT2D eigenvalue weighted by atomic mass is 10.5. The first-order valence-corrected chi connectivity index (χ1v) is 8.73. The fraction of sp³-hybridized carbons (Fsp3) is 0.571. The van der Waals surface area contributed by atoms with E-state index in [1.807, 2.05) is 0 Å². The van der Waals surface area contributed by atoms with E-state index in [1.54, 1.807) is 6.26 Å². The van der Waals surface area contributed by atoms with E-state index in [4.69, 9.17) is 11.6 Å². The SMILES string of the molecule is CS(=O)CCCNS(=O)(=O)c1cnc(Cl)s1. The predicted molar refractivity (Wildman–Crippen MR) is 65.9 cm³/mol. The first-order chi connectivity index (χ1) is 7.42. The zero-order valence-electron chi connectivity index (χ0n) is 8.47. The van der Waals surface area contributed by atoms with Crippen molar-refractivity contribution in [2.45, 2.75) is 10.6 Å². The van der Waals surface area contributed by atoms with Crippen molar-refractivity contribution in [3.63, 3.8) is 0 Å². The summed E-state index contributed by atoms with van der Waals surface area (Å²) in [5.41, 5.74) is 0. The van der Waals surface area contributed by atoms with Crippen LogP contribution in [-0.2, 0) is 20.8 Å². The number of thiazole rings is 1. The average Bonchev–Trinajstić information content (AvgIpc) is 2.60. The van der Waals surface area contributed by atoms with E-state index < -0.39 is 20.8 Å². The van der Waals surface area contributed by atoms with Crippen LogP contribution >= 0.6 is 22.9 Å². The third kappa shape index (κ3) is 4.46. The lowest BCUT2D eigenvalue weighted by molar-refractivity contribution is 0.582. The van der Waals surface area contributed by atoms with Gasteiger partial charge in [0, 0.05) is 29.4 Å². The van der Waals surface area contributed by atoms with Gasteiger partial charge in [-0.25, -0.2) is 18.1 Å². The number of rotatable bonds is 6. The second-order valence-electron chi connectivity index (χ2n) is 2.96. The monoisotopic (exact) mass is 302 g/mol. The Kier molecular flexibility index (Phi) is 5.32. The molecule has 0 aromatic carbocycles. The molecule has 9 heteroatoms. The number of halogens is 1. The Bertz CT molecular complexity index is 471. The molecule has 0 saturated carbocycles. The maximum absolute atomic E-state index is 11.6. The minimum atomic E-state index is -3.51. The Labute approximate surface area is 106 Å². The topological polar surface area (TPSA) is 76.1 Å². The highest BCUT2D eigenvalue weighted by atomic mass is 35.5. The summed E-state index contributed by atoms with van der Waals surface area (Å²) >= 11 is 6.45. The summed E-state index contributed by atoms with van der Waals surface area (Å²) in [6.07, 6.45) is 3.33. The summed E-state index contributed by atoms with van der Waals surface area (Å²) in [6, 6.07) is 0. The number of aromatic nitrogens is 1. The van der Waals surface area contributed by atoms with Gasteiger partial charge in [0.1, 0.15) is 0 Å². The molecule has 1 unspecified atom stereocenters. The second-order valence-corrected chi connectivity index (χ2v) is 8.12. The number of sulfonamides is 1. The summed E-state index contributed by atoms with van der Waals surface area (Å²) in [7, 11) is -4.41. The number of nitrogens with one attached hydrogen (secondary N) is 1. The highest BCUT2D eigenvalue weighted by molar-refractivity contribution is 7.91. The molecule has 5 nitrogen and oxygen atoms in total. The van der Waals surface area contributed by atoms with E-state index in [1.165, 1.54) is 6.20 Å². The number of hydrogen-bond donors (Lipinski definition) is 1. The van der Waals surface area contributed by atoms with Gasteiger partial charge in [-0.1, -0.05) is 22.9 Å². The molecule has 0 bridgehead atoms. The van der Waals surface area contributed by atoms with E-state index >= 15 is 0 Å². The van der Waals surface area contributed by atoms with Crippen LogP contribution in [0.15, 0.2) is 10.4 Å². The summed E-state index contributed by atoms with van der Waals surface area (Å²) in [6.45, 7) is 0.261. The summed E-state index contributed by atoms with van der Waals surface area (Å²) in [4.78, 5) is 3.66. The van der Waals surface area contributed by atoms with E-state index in [2.05, 4.69) is 9.71 Å². The first-order valence-electron chi connectivity index (χ1n) is 4.33. The van der Waals surface area contributed by atoms with Crippen molar-refractivity contribution in [3.8, 4) is 0 Å². The average molecular weight is 303 g/mol. The Balaban J connectivity index is 2.50. The van der Waals surface area contributed by atoms with Gasteiger partial charge >= 0.3 is 0 Å². The van der Waals surface area contributed by atoms with Crippen LogP contribution in [0.4, 0.5) is 0 Å². The fourth-order valence-corrected chi connectivity index (χ4v) is 3.88. The molecule has 92 valence electrons. The van der Waals surface area contributed by atoms with E-state index in [9.17, 15) is 12.6 Å². The van der Waals surface area contributed by atoms with Gasteiger partial charge in [-0.2, -0.15) is 0 Å². The predicted octanol–water partition coefficient (Wildman–Crippen LogP) is 0.843. The van der Waals surface area contributed by atoms with Crippen LogP contribution in [0.2, 0.25) is 4.47 Å². The Morgan fingerprint density at radius 2 is 2.31 bits per heavy atom. The quantitative estimate of drug-likeness (QED) is 0.790. The Morgan fingerprint density at radius 3 is 2.81 bits per heavy atom. The van der Waals surface area contributed by atoms with Crippen molar-refractivity contribution >= 4 is 43.8 Å². The molecule has 1 heterocycles. The van der Waals surface area contributed by atoms with Gasteiger partial charge in [-0.05, 0) is 6.42 Å². The third-order valence-electron chi connectivity index (χ3n) is 1.62. The minimum Gasteiger partial charge on any atom is -0.260 e. The highest BCUT2D eigenvalue weighted by Gasteiger charge is 2.16. The maximum atomic E-state index is 11.6. The molecule has 0 spiro atoms. The molecule has 0 aliphatic rings. The third-order valence-corrected chi connectivity index (χ3v) is 5.52. The Morgan fingerprint density at radius 1 is 1.62 bits per heavy atom. The lowest BCUT2D eigenvalue weighted by Gasteiger charge is -2.02. The zero-order valence-corrected chi connectivity index (χ0v) is 11.7. The van der Waals surface area contributed by atoms with Crippen LogP contribution in [0, 0.1) is 0 Å². The molecule has 0 saturated heterocycles. The number of hydrogen-bond acceptors (Lipinski definition) is 5. The minimum absolute atomic E-state index is 0.0927. The summed E-state index contributed by atoms with van der Waals surface area (Å²) in [5.74, 6) is 0.478. The van der Waals surface area contributed by atoms with E-state index in [-0.39, 0.29) is 15.2 Å². The molecular formula is C7H11ClN2O3S3. The molecule has 1 aromatic heterocycles. The van der Waals surface area contributed by atoms with Crippen LogP contribution in [0.1, 0.15) is 6.42 Å². The van der Waals surface area contributed by atoms with Crippen molar-refractivity contribution in [1.82, 2.24) is 9.71 Å². The van der Waals surface area contributed by atoms with Crippen molar-refractivity contribution in [3.05, 3.63) is 10.7 Å². The first kappa shape index (κ1) is 14.0. The van der Waals surface area contributed by atoms with Gasteiger partial charge in [0.2, 0.25) is 0 Å². The molecule has 0 fully saturated rings. The van der Waals surface area contributed by atoms with Crippen molar-refractivity contribution in [1.29, 1.82) is 0 Å². The van der Waals surface area contributed by atoms with Gasteiger partial charge < -0.3 is 0 Å². The van der Waals surface area contributed by atoms with Crippen LogP contribution < -0.4 is 4.72 Å². The molecule has 0 radical (unpaired) electrons. The standard InChI is InChI=1S/C7H11ClN2O3S3/c1-15(11)4-2-3-10-16(12,13)6-5-9-7(8)14-6/h5,10H,2-4H2,1H3. The molecule has 1 atom stereocenters. The van der Waals surface area contributed by atoms with Crippen LogP contribution in [0.25, 0.3) is 0 Å². The largest absolute Gasteiger partial charge is 0.260 e. The molecule has 1 aromatic rings. The molecule has 1 rings (SSSR count). The van der Waals surface area contributed by atoms with Crippen molar-refractivity contribution < 1.29 is 12.6 Å². The maximum Gasteiger partial charge on any atom is 0.251 e. The smallest absolute Gasteiger partial charge is 0.251 e. The van der Waals surface area contributed by atoms with Crippen LogP contribution in [0.3, 0.4) is 0 Å². The molecule has 1 N–H and O–H groups in total. The summed E-state index contributed by atoms with van der Waals surface area (Å²) in [5, 5.41) is 0. The fourth-order valence-electron chi connectivity index (χ4n) is 0.916. The van der Waals surface area contributed by atoms with Crippen LogP contribution in [-0.4, -0.2) is 36.2 Å². The van der Waals surface area contributed by atoms with Gasteiger partial charge in [0.15, 0.2) is 8.68 Å². The zero-order chi connectivity index (χ0) is 12.2. The Hall–Kier alpha value is -0.0200. The van der Waals surface area contributed by atoms with Gasteiger partial charge in [0.05, 0.1) is 6.20 Å². The summed E-state index contributed by atoms with van der Waals surface area (Å²) < 4.78 is 36.7. The van der Waals surface area contributed by atoms with Gasteiger partial charge in [-0.3, -0.25) is 4.21 Å². The normalized spacial score (nSPS) is 13.9. The van der Waals surface area contributed by atoms with Crippen LogP contribution in [0.5, 0.6) is 0 Å². The number of nitrogens with zero attached hydrogens (tertiary/aromatic N) is 1. The molecular weight excluding hydrogens is 292 g/mol. The van der Waals surface area contributed by atoms with Gasteiger partial charge in [0.25, 0.3) is 10.0 Å².